The Bertz CT molecular complexity index is 534. The molecule has 0 unspecified atom stereocenters. The van der Waals surface area contributed by atoms with Gasteiger partial charge >= 0.3 is 0 Å². The monoisotopic (exact) mass is 271 g/mol. The summed E-state index contributed by atoms with van der Waals surface area (Å²) in [6.45, 7) is 4.52. The number of pyridine rings is 1. The minimum Gasteiger partial charge on any atom is -0.333 e. The number of piperidine rings is 1. The Labute approximate surface area is 120 Å². The number of carbonyl (C=O) groups excluding carboxylic acids is 1. The van der Waals surface area contributed by atoms with Crippen LogP contribution in [-0.4, -0.2) is 34.4 Å². The van der Waals surface area contributed by atoms with Gasteiger partial charge in [-0.15, -0.1) is 0 Å². The Morgan fingerprint density at radius 3 is 2.75 bits per heavy atom. The molecule has 0 spiro atoms. The fourth-order valence-corrected chi connectivity index (χ4v) is 2.75. The Balaban J connectivity index is 2.24. The molecule has 1 amide bonds. The molecule has 1 aromatic rings. The van der Waals surface area contributed by atoms with Gasteiger partial charge in [-0.25, -0.2) is 0 Å². The molecule has 0 saturated carbocycles. The Morgan fingerprint density at radius 1 is 1.40 bits per heavy atom. The van der Waals surface area contributed by atoms with E-state index in [1.165, 1.54) is 6.42 Å². The SMILES string of the molecule is C[C@@H]1CCC[C@H](C)N1C(=O)c1cncc(C#CCN)c1. The number of carbonyl (C=O) groups is 1. The lowest BCUT2D eigenvalue weighted by molar-refractivity contribution is 0.0510. The van der Waals surface area contributed by atoms with Crippen molar-refractivity contribution >= 4 is 5.91 Å². The van der Waals surface area contributed by atoms with Crippen molar-refractivity contribution in [2.45, 2.75) is 45.2 Å². The molecule has 0 bridgehead atoms. The summed E-state index contributed by atoms with van der Waals surface area (Å²) in [5.74, 6) is 5.75. The standard InChI is InChI=1S/C16H21N3O/c1-12-5-3-6-13(2)19(12)16(20)15-9-14(7-4-8-17)10-18-11-15/h9-13H,3,5-6,8,17H2,1-2H3/t12-,13+. The quantitative estimate of drug-likeness (QED) is 0.792. The Kier molecular flexibility index (Phi) is 4.75. The second kappa shape index (κ2) is 6.53. The number of amides is 1. The Hall–Kier alpha value is -1.86. The van der Waals surface area contributed by atoms with E-state index in [4.69, 9.17) is 5.73 Å². The molecule has 1 fully saturated rings. The normalized spacial score (nSPS) is 22.1. The topological polar surface area (TPSA) is 59.2 Å². The molecule has 0 aliphatic carbocycles. The van der Waals surface area contributed by atoms with Crippen molar-refractivity contribution in [3.05, 3.63) is 29.6 Å². The van der Waals surface area contributed by atoms with Crippen molar-refractivity contribution in [3.8, 4) is 11.8 Å². The van der Waals surface area contributed by atoms with Gasteiger partial charge in [-0.05, 0) is 39.2 Å². The maximum atomic E-state index is 12.7. The van der Waals surface area contributed by atoms with Crippen LogP contribution in [0.5, 0.6) is 0 Å². The number of hydrogen-bond donors (Lipinski definition) is 1. The van der Waals surface area contributed by atoms with Gasteiger partial charge in [0.2, 0.25) is 0 Å². The molecule has 2 N–H and O–H groups in total. The van der Waals surface area contributed by atoms with Crippen LogP contribution in [0.25, 0.3) is 0 Å². The molecular weight excluding hydrogens is 250 g/mol. The molecule has 2 heterocycles. The van der Waals surface area contributed by atoms with Crippen LogP contribution in [-0.2, 0) is 0 Å². The van der Waals surface area contributed by atoms with Gasteiger partial charge in [-0.3, -0.25) is 9.78 Å². The van der Waals surface area contributed by atoms with Gasteiger partial charge in [-0.2, -0.15) is 0 Å². The van der Waals surface area contributed by atoms with Crippen molar-refractivity contribution in [2.75, 3.05) is 6.54 Å². The van der Waals surface area contributed by atoms with Gasteiger partial charge in [0.15, 0.2) is 0 Å². The number of aromatic nitrogens is 1. The van der Waals surface area contributed by atoms with Gasteiger partial charge < -0.3 is 10.6 Å². The molecule has 1 aromatic heterocycles. The number of likely N-dealkylation sites (tertiary alicyclic amines) is 1. The predicted molar refractivity (Wildman–Crippen MR) is 79.1 cm³/mol. The molecule has 4 heteroatoms. The fraction of sp³-hybridized carbons (Fsp3) is 0.500. The van der Waals surface area contributed by atoms with Gasteiger partial charge in [0.25, 0.3) is 5.91 Å². The molecule has 2 atom stereocenters. The number of nitrogens with zero attached hydrogens (tertiary/aromatic N) is 2. The van der Waals surface area contributed by atoms with Crippen LogP contribution in [0.15, 0.2) is 18.5 Å². The first-order valence-corrected chi connectivity index (χ1v) is 7.10. The Morgan fingerprint density at radius 2 is 2.10 bits per heavy atom. The summed E-state index contributed by atoms with van der Waals surface area (Å²) in [7, 11) is 0. The molecular formula is C16H21N3O. The van der Waals surface area contributed by atoms with E-state index in [0.717, 1.165) is 18.4 Å². The lowest BCUT2D eigenvalue weighted by Gasteiger charge is -2.39. The summed E-state index contributed by atoms with van der Waals surface area (Å²) in [6, 6.07) is 2.36. The van der Waals surface area contributed by atoms with Gasteiger partial charge in [0, 0.05) is 30.0 Å². The molecule has 1 aliphatic heterocycles. The summed E-state index contributed by atoms with van der Waals surface area (Å²) in [4.78, 5) is 18.7. The van der Waals surface area contributed by atoms with Crippen LogP contribution in [0.1, 0.15) is 49.0 Å². The summed E-state index contributed by atoms with van der Waals surface area (Å²) in [6.07, 6.45) is 6.59. The molecule has 106 valence electrons. The lowest BCUT2D eigenvalue weighted by atomic mass is 9.96. The molecule has 1 saturated heterocycles. The summed E-state index contributed by atoms with van der Waals surface area (Å²) < 4.78 is 0. The van der Waals surface area contributed by atoms with Crippen LogP contribution in [0.3, 0.4) is 0 Å². The van der Waals surface area contributed by atoms with Gasteiger partial charge in [0.1, 0.15) is 0 Å². The van der Waals surface area contributed by atoms with Crippen molar-refractivity contribution in [1.82, 2.24) is 9.88 Å². The van der Waals surface area contributed by atoms with Crippen LogP contribution in [0.2, 0.25) is 0 Å². The van der Waals surface area contributed by atoms with E-state index in [2.05, 4.69) is 30.7 Å². The molecule has 20 heavy (non-hydrogen) atoms. The van der Waals surface area contributed by atoms with Crippen molar-refractivity contribution in [3.63, 3.8) is 0 Å². The van der Waals surface area contributed by atoms with Gasteiger partial charge in [0.05, 0.1) is 12.1 Å². The predicted octanol–water partition coefficient (Wildman–Crippen LogP) is 1.79. The van der Waals surface area contributed by atoms with E-state index < -0.39 is 0 Å². The highest BCUT2D eigenvalue weighted by atomic mass is 16.2. The second-order valence-corrected chi connectivity index (χ2v) is 5.31. The van der Waals surface area contributed by atoms with Crippen molar-refractivity contribution in [1.29, 1.82) is 0 Å². The van der Waals surface area contributed by atoms with E-state index in [1.54, 1.807) is 18.5 Å². The number of rotatable bonds is 1. The van der Waals surface area contributed by atoms with Gasteiger partial charge in [-0.1, -0.05) is 11.8 Å². The van der Waals surface area contributed by atoms with Crippen LogP contribution in [0, 0.1) is 11.8 Å². The molecule has 4 nitrogen and oxygen atoms in total. The van der Waals surface area contributed by atoms with Crippen LogP contribution < -0.4 is 5.73 Å². The van der Waals surface area contributed by atoms with E-state index in [-0.39, 0.29) is 18.0 Å². The second-order valence-electron chi connectivity index (χ2n) is 5.31. The highest BCUT2D eigenvalue weighted by molar-refractivity contribution is 5.94. The summed E-state index contributed by atoms with van der Waals surface area (Å²) in [5.41, 5.74) is 6.70. The average Bonchev–Trinajstić information content (AvgIpc) is 2.45. The third-order valence-electron chi connectivity index (χ3n) is 3.75. The lowest BCUT2D eigenvalue weighted by Crippen LogP contribution is -2.47. The zero-order valence-electron chi connectivity index (χ0n) is 12.1. The summed E-state index contributed by atoms with van der Waals surface area (Å²) in [5, 5.41) is 0. The zero-order chi connectivity index (χ0) is 14.5. The highest BCUT2D eigenvalue weighted by Gasteiger charge is 2.29. The zero-order valence-corrected chi connectivity index (χ0v) is 12.1. The smallest absolute Gasteiger partial charge is 0.255 e. The largest absolute Gasteiger partial charge is 0.333 e. The van der Waals surface area contributed by atoms with Crippen LogP contribution >= 0.6 is 0 Å². The fourth-order valence-electron chi connectivity index (χ4n) is 2.75. The molecule has 0 radical (unpaired) electrons. The number of hydrogen-bond acceptors (Lipinski definition) is 3. The third kappa shape index (κ3) is 3.17. The first-order valence-electron chi connectivity index (χ1n) is 7.10. The van der Waals surface area contributed by atoms with Crippen molar-refractivity contribution in [2.24, 2.45) is 5.73 Å². The van der Waals surface area contributed by atoms with E-state index in [9.17, 15) is 4.79 Å². The van der Waals surface area contributed by atoms with Crippen molar-refractivity contribution < 1.29 is 4.79 Å². The maximum absolute atomic E-state index is 12.7. The minimum atomic E-state index is 0.0496. The molecule has 2 rings (SSSR count). The number of nitrogens with two attached hydrogens (primary N) is 1. The minimum absolute atomic E-state index is 0.0496. The van der Waals surface area contributed by atoms with Crippen LogP contribution in [0.4, 0.5) is 0 Å². The first-order chi connectivity index (χ1) is 9.63. The van der Waals surface area contributed by atoms with E-state index >= 15 is 0 Å². The molecule has 1 aliphatic rings. The van der Waals surface area contributed by atoms with E-state index in [1.807, 2.05) is 4.90 Å². The average molecular weight is 271 g/mol. The van der Waals surface area contributed by atoms with E-state index in [0.29, 0.717) is 12.1 Å². The first kappa shape index (κ1) is 14.5. The summed E-state index contributed by atoms with van der Waals surface area (Å²) >= 11 is 0. The maximum Gasteiger partial charge on any atom is 0.255 e. The highest BCUT2D eigenvalue weighted by Crippen LogP contribution is 2.24. The molecule has 0 aromatic carbocycles. The third-order valence-corrected chi connectivity index (χ3v) is 3.75.